The first-order chi connectivity index (χ1) is 11.1. The van der Waals surface area contributed by atoms with E-state index in [4.69, 9.17) is 0 Å². The van der Waals surface area contributed by atoms with Gasteiger partial charge >= 0.3 is 5.69 Å². The van der Waals surface area contributed by atoms with Gasteiger partial charge in [-0.3, -0.25) is 14.1 Å². The predicted octanol–water partition coefficient (Wildman–Crippen LogP) is 0.609. The van der Waals surface area contributed by atoms with Crippen LogP contribution in [0.1, 0.15) is 23.7 Å². The maximum Gasteiger partial charge on any atom is 0.328 e. The van der Waals surface area contributed by atoms with E-state index in [1.165, 1.54) is 17.6 Å². The molecular formula is C15H19N7O. The Kier molecular flexibility index (Phi) is 3.26. The summed E-state index contributed by atoms with van der Waals surface area (Å²) in [6.45, 7) is 4.74. The Balaban J connectivity index is 1.57. The standard InChI is InChI=1S/C15H19N7O/c1-10-11(5-18-20(10)2)7-21-4-3-12(8-21)22-14-13(19-15(22)23)6-16-9-17-14/h5-6,9,12H,3-4,7-8H2,1-2H3,(H,19,23)/t12-/m0/s1. The van der Waals surface area contributed by atoms with Crippen LogP contribution in [-0.4, -0.2) is 47.3 Å². The van der Waals surface area contributed by atoms with Crippen LogP contribution in [0.2, 0.25) is 0 Å². The lowest BCUT2D eigenvalue weighted by Crippen LogP contribution is -2.26. The highest BCUT2D eigenvalue weighted by molar-refractivity contribution is 5.69. The third-order valence-corrected chi connectivity index (χ3v) is 4.72. The molecule has 8 heteroatoms. The van der Waals surface area contributed by atoms with Gasteiger partial charge in [-0.2, -0.15) is 5.10 Å². The minimum Gasteiger partial charge on any atom is -0.303 e. The van der Waals surface area contributed by atoms with Crippen molar-refractivity contribution in [2.75, 3.05) is 13.1 Å². The fraction of sp³-hybridized carbons (Fsp3) is 0.467. The molecular weight excluding hydrogens is 294 g/mol. The Hall–Kier alpha value is -2.48. The Bertz CT molecular complexity index is 906. The summed E-state index contributed by atoms with van der Waals surface area (Å²) in [4.78, 5) is 25.7. The number of hydrogen-bond donors (Lipinski definition) is 1. The number of H-pyrrole nitrogens is 1. The van der Waals surface area contributed by atoms with E-state index in [0.29, 0.717) is 11.2 Å². The van der Waals surface area contributed by atoms with Crippen molar-refractivity contribution in [3.8, 4) is 0 Å². The highest BCUT2D eigenvalue weighted by Crippen LogP contribution is 2.24. The van der Waals surface area contributed by atoms with Crippen LogP contribution in [0.3, 0.4) is 0 Å². The average Bonchev–Trinajstić information content (AvgIpc) is 3.20. The van der Waals surface area contributed by atoms with E-state index in [2.05, 4.69) is 31.9 Å². The van der Waals surface area contributed by atoms with Gasteiger partial charge in [-0.1, -0.05) is 0 Å². The molecule has 1 fully saturated rings. The molecule has 0 aromatic carbocycles. The summed E-state index contributed by atoms with van der Waals surface area (Å²) >= 11 is 0. The van der Waals surface area contributed by atoms with Crippen molar-refractivity contribution in [1.29, 1.82) is 0 Å². The van der Waals surface area contributed by atoms with Crippen LogP contribution in [0.25, 0.3) is 11.2 Å². The number of hydrogen-bond acceptors (Lipinski definition) is 5. The monoisotopic (exact) mass is 313 g/mol. The molecule has 1 aliphatic heterocycles. The molecule has 1 atom stereocenters. The highest BCUT2D eigenvalue weighted by atomic mass is 16.1. The van der Waals surface area contributed by atoms with Gasteiger partial charge in [0.25, 0.3) is 0 Å². The molecule has 0 aliphatic carbocycles. The van der Waals surface area contributed by atoms with E-state index < -0.39 is 0 Å². The zero-order chi connectivity index (χ0) is 16.0. The normalized spacial score (nSPS) is 19.0. The van der Waals surface area contributed by atoms with Crippen LogP contribution in [0, 0.1) is 6.92 Å². The van der Waals surface area contributed by atoms with Gasteiger partial charge in [0, 0.05) is 37.9 Å². The first-order valence-corrected chi connectivity index (χ1v) is 7.73. The minimum absolute atomic E-state index is 0.107. The fourth-order valence-corrected chi connectivity index (χ4v) is 3.32. The van der Waals surface area contributed by atoms with Gasteiger partial charge in [0.2, 0.25) is 0 Å². The van der Waals surface area contributed by atoms with Crippen molar-refractivity contribution in [2.45, 2.75) is 25.9 Å². The van der Waals surface area contributed by atoms with Crippen molar-refractivity contribution in [1.82, 2.24) is 34.2 Å². The lowest BCUT2D eigenvalue weighted by molar-refractivity contribution is 0.315. The highest BCUT2D eigenvalue weighted by Gasteiger charge is 2.27. The molecule has 4 heterocycles. The molecule has 0 unspecified atom stereocenters. The minimum atomic E-state index is -0.107. The van der Waals surface area contributed by atoms with Gasteiger partial charge in [0.1, 0.15) is 11.8 Å². The summed E-state index contributed by atoms with van der Waals surface area (Å²) in [6.07, 6.45) is 5.99. The van der Waals surface area contributed by atoms with Crippen molar-refractivity contribution >= 4 is 11.2 Å². The Morgan fingerprint density at radius 3 is 3.04 bits per heavy atom. The van der Waals surface area contributed by atoms with Crippen LogP contribution in [-0.2, 0) is 13.6 Å². The number of aryl methyl sites for hydroxylation is 1. The topological polar surface area (TPSA) is 84.6 Å². The van der Waals surface area contributed by atoms with E-state index in [1.54, 1.807) is 10.8 Å². The number of fused-ring (bicyclic) bond motifs is 1. The summed E-state index contributed by atoms with van der Waals surface area (Å²) in [7, 11) is 1.96. The molecule has 1 N–H and O–H groups in total. The van der Waals surface area contributed by atoms with Crippen molar-refractivity contribution in [3.63, 3.8) is 0 Å². The number of aromatic nitrogens is 6. The van der Waals surface area contributed by atoms with E-state index in [0.717, 1.165) is 26.1 Å². The predicted molar refractivity (Wildman–Crippen MR) is 85.0 cm³/mol. The molecule has 4 rings (SSSR count). The van der Waals surface area contributed by atoms with E-state index in [1.807, 2.05) is 17.9 Å². The molecule has 0 radical (unpaired) electrons. The zero-order valence-corrected chi connectivity index (χ0v) is 13.2. The summed E-state index contributed by atoms with van der Waals surface area (Å²) in [5.74, 6) is 0. The molecule has 1 aliphatic rings. The Morgan fingerprint density at radius 2 is 2.26 bits per heavy atom. The maximum atomic E-state index is 12.3. The molecule has 3 aromatic heterocycles. The van der Waals surface area contributed by atoms with Crippen molar-refractivity contribution in [3.05, 3.63) is 40.5 Å². The van der Waals surface area contributed by atoms with Crippen LogP contribution < -0.4 is 5.69 Å². The van der Waals surface area contributed by atoms with Crippen LogP contribution in [0.5, 0.6) is 0 Å². The average molecular weight is 313 g/mol. The molecule has 23 heavy (non-hydrogen) atoms. The number of aromatic amines is 1. The molecule has 0 spiro atoms. The van der Waals surface area contributed by atoms with Gasteiger partial charge in [0.15, 0.2) is 5.65 Å². The van der Waals surface area contributed by atoms with Gasteiger partial charge in [-0.05, 0) is 13.3 Å². The zero-order valence-electron chi connectivity index (χ0n) is 13.2. The quantitative estimate of drug-likeness (QED) is 0.766. The summed E-state index contributed by atoms with van der Waals surface area (Å²) in [5, 5.41) is 4.30. The molecule has 0 amide bonds. The Morgan fingerprint density at radius 1 is 1.39 bits per heavy atom. The SMILES string of the molecule is Cc1c(CN2CC[C@H](n3c(=O)[nH]c4cncnc43)C2)cnn1C. The largest absolute Gasteiger partial charge is 0.328 e. The first-order valence-electron chi connectivity index (χ1n) is 7.73. The third-order valence-electron chi connectivity index (χ3n) is 4.72. The molecule has 120 valence electrons. The van der Waals surface area contributed by atoms with Gasteiger partial charge < -0.3 is 4.98 Å². The summed E-state index contributed by atoms with van der Waals surface area (Å²) in [5.41, 5.74) is 3.70. The fourth-order valence-electron chi connectivity index (χ4n) is 3.32. The van der Waals surface area contributed by atoms with Gasteiger partial charge in [-0.25, -0.2) is 14.8 Å². The number of imidazole rings is 1. The van der Waals surface area contributed by atoms with Crippen molar-refractivity contribution < 1.29 is 0 Å². The molecule has 0 saturated carbocycles. The number of rotatable bonds is 3. The molecule has 1 saturated heterocycles. The lowest BCUT2D eigenvalue weighted by atomic mass is 10.2. The molecule has 3 aromatic rings. The van der Waals surface area contributed by atoms with E-state index >= 15 is 0 Å². The van der Waals surface area contributed by atoms with E-state index in [-0.39, 0.29) is 11.7 Å². The molecule has 8 nitrogen and oxygen atoms in total. The van der Waals surface area contributed by atoms with Gasteiger partial charge in [-0.15, -0.1) is 0 Å². The third kappa shape index (κ3) is 2.35. The number of nitrogens with zero attached hydrogens (tertiary/aromatic N) is 6. The molecule has 0 bridgehead atoms. The van der Waals surface area contributed by atoms with Crippen molar-refractivity contribution in [2.24, 2.45) is 7.05 Å². The van der Waals surface area contributed by atoms with E-state index in [9.17, 15) is 4.79 Å². The number of nitrogens with one attached hydrogen (secondary N) is 1. The second-order valence-corrected chi connectivity index (χ2v) is 6.12. The second kappa shape index (κ2) is 5.31. The maximum absolute atomic E-state index is 12.3. The van der Waals surface area contributed by atoms with Gasteiger partial charge in [0.05, 0.1) is 18.4 Å². The second-order valence-electron chi connectivity index (χ2n) is 6.12. The summed E-state index contributed by atoms with van der Waals surface area (Å²) in [6, 6.07) is 0.142. The van der Waals surface area contributed by atoms with Crippen LogP contribution in [0.4, 0.5) is 0 Å². The summed E-state index contributed by atoms with van der Waals surface area (Å²) < 4.78 is 3.66. The smallest absolute Gasteiger partial charge is 0.303 e. The number of likely N-dealkylation sites (tertiary alicyclic amines) is 1. The van der Waals surface area contributed by atoms with Crippen LogP contribution >= 0.6 is 0 Å². The first kappa shape index (κ1) is 14.1. The van der Waals surface area contributed by atoms with Crippen LogP contribution in [0.15, 0.2) is 23.5 Å². The Labute approximate surface area is 132 Å². The lowest BCUT2D eigenvalue weighted by Gasteiger charge is -2.16.